The largest absolute Gasteiger partial charge is 0.494 e. The summed E-state index contributed by atoms with van der Waals surface area (Å²) in [6.45, 7) is 0.993. The molecule has 55 heavy (non-hydrogen) atoms. The van der Waals surface area contributed by atoms with E-state index in [1.54, 1.807) is 7.11 Å². The summed E-state index contributed by atoms with van der Waals surface area (Å²) in [5.74, 6) is 1.80. The summed E-state index contributed by atoms with van der Waals surface area (Å²) in [6.07, 6.45) is 9.80. The van der Waals surface area contributed by atoms with Crippen molar-refractivity contribution >= 4 is 40.0 Å². The van der Waals surface area contributed by atoms with Gasteiger partial charge in [-0.15, -0.1) is 0 Å². The van der Waals surface area contributed by atoms with Gasteiger partial charge in [0, 0.05) is 37.0 Å². The number of ether oxygens (including phenoxy) is 2. The lowest BCUT2D eigenvalue weighted by Gasteiger charge is -2.25. The summed E-state index contributed by atoms with van der Waals surface area (Å²) < 4.78 is 15.8. The van der Waals surface area contributed by atoms with Gasteiger partial charge < -0.3 is 34.1 Å². The van der Waals surface area contributed by atoms with Gasteiger partial charge in [0.05, 0.1) is 42.1 Å². The molecule has 4 bridgehead atoms. The van der Waals surface area contributed by atoms with Crippen molar-refractivity contribution in [1.29, 1.82) is 0 Å². The van der Waals surface area contributed by atoms with Crippen molar-refractivity contribution in [1.82, 2.24) is 34.6 Å². The second kappa shape index (κ2) is 14.7. The molecule has 1 unspecified atom stereocenters. The second-order valence-corrected chi connectivity index (χ2v) is 15.8. The van der Waals surface area contributed by atoms with E-state index in [0.717, 1.165) is 104 Å². The highest BCUT2D eigenvalue weighted by Crippen LogP contribution is 2.43. The fourth-order valence-electron chi connectivity index (χ4n) is 9.27. The number of benzene rings is 2. The first-order valence-corrected chi connectivity index (χ1v) is 20.0. The van der Waals surface area contributed by atoms with Crippen LogP contribution in [-0.2, 0) is 29.7 Å². The molecule has 5 aromatic rings. The van der Waals surface area contributed by atoms with E-state index in [-0.39, 0.29) is 42.6 Å². The Morgan fingerprint density at radius 1 is 0.945 bits per heavy atom. The van der Waals surface area contributed by atoms with Crippen LogP contribution in [0.2, 0.25) is 0 Å². The van der Waals surface area contributed by atoms with E-state index in [4.69, 9.17) is 19.4 Å². The van der Waals surface area contributed by atoms with Crippen LogP contribution in [0.15, 0.2) is 60.7 Å². The lowest BCUT2D eigenvalue weighted by molar-refractivity contribution is -0.122. The van der Waals surface area contributed by atoms with Crippen LogP contribution in [0.1, 0.15) is 98.3 Å². The van der Waals surface area contributed by atoms with Gasteiger partial charge >= 0.3 is 6.09 Å². The number of nitrogens with zero attached hydrogens (tertiary/aromatic N) is 5. The lowest BCUT2D eigenvalue weighted by atomic mass is 9.96. The van der Waals surface area contributed by atoms with Gasteiger partial charge in [0.25, 0.3) is 5.91 Å². The fourth-order valence-corrected chi connectivity index (χ4v) is 9.27. The molecule has 12 heteroatoms. The molecular weight excluding hydrogens is 695 g/mol. The Hall–Kier alpha value is -5.39. The third kappa shape index (κ3) is 6.80. The van der Waals surface area contributed by atoms with Crippen molar-refractivity contribution in [2.45, 2.75) is 108 Å². The average Bonchev–Trinajstić information content (AvgIpc) is 3.57. The summed E-state index contributed by atoms with van der Waals surface area (Å²) >= 11 is 0. The number of nitrogens with one attached hydrogen (secondary N) is 2. The highest BCUT2D eigenvalue weighted by Gasteiger charge is 2.49. The minimum absolute atomic E-state index is 0.0350. The van der Waals surface area contributed by atoms with Crippen LogP contribution >= 0.6 is 0 Å². The minimum Gasteiger partial charge on any atom is -0.494 e. The molecular formula is C43H49N7O5. The molecule has 3 aliphatic heterocycles. The van der Waals surface area contributed by atoms with Gasteiger partial charge in [0.15, 0.2) is 5.82 Å². The molecule has 3 fully saturated rings. The van der Waals surface area contributed by atoms with Crippen molar-refractivity contribution in [3.8, 4) is 17.3 Å². The fraction of sp³-hybridized carbons (Fsp3) is 0.465. The summed E-state index contributed by atoms with van der Waals surface area (Å²) in [4.78, 5) is 52.4. The molecule has 0 radical (unpaired) electrons. The quantitative estimate of drug-likeness (QED) is 0.180. The predicted molar refractivity (Wildman–Crippen MR) is 208 cm³/mol. The Kier molecular flexibility index (Phi) is 9.43. The summed E-state index contributed by atoms with van der Waals surface area (Å²) in [5.41, 5.74) is 5.69. The van der Waals surface area contributed by atoms with Crippen LogP contribution in [0, 0.1) is 5.92 Å². The highest BCUT2D eigenvalue weighted by molar-refractivity contribution is 6.01. The molecule has 4 aliphatic rings. The first-order chi connectivity index (χ1) is 26.9. The third-order valence-electron chi connectivity index (χ3n) is 12.2. The smallest absolute Gasteiger partial charge is 0.407 e. The first-order valence-electron chi connectivity index (χ1n) is 20.0. The van der Waals surface area contributed by atoms with Crippen molar-refractivity contribution < 1.29 is 23.9 Å². The van der Waals surface area contributed by atoms with Crippen LogP contribution in [-0.4, -0.2) is 67.1 Å². The monoisotopic (exact) mass is 743 g/mol. The van der Waals surface area contributed by atoms with E-state index in [1.807, 2.05) is 54.4 Å². The standard InChI is InChI=1S/C43H49N7O5/c1-48-39-33(21-29(23-36(39)54-2)42(52)50-30-17-19-34(50)32(24-30)46-43(53)55-25-26-11-7-6-8-12-26)45-41(48)35-22-28-16-18-31-38(27-14-15-27)47-37(51)13-9-4-3-5-10-20-49(35)40(28)44-31/h6-8,11-12,16,18,21-23,27,30,32,34,38H,3-5,9-10,13-15,17,19-20,24-25H2,1-2H3,(H,46,53)(H,47,51)/t30-,32+,34+,38?/m0/s1. The van der Waals surface area contributed by atoms with Gasteiger partial charge in [0.2, 0.25) is 5.91 Å². The average molecular weight is 744 g/mol. The number of hydrogen-bond acceptors (Lipinski definition) is 7. The van der Waals surface area contributed by atoms with Crippen LogP contribution < -0.4 is 15.4 Å². The lowest BCUT2D eigenvalue weighted by Crippen LogP contribution is -2.45. The van der Waals surface area contributed by atoms with Crippen molar-refractivity contribution in [3.05, 3.63) is 77.5 Å². The Labute approximate surface area is 320 Å². The number of alkyl carbamates (subject to hydrolysis) is 1. The molecule has 6 heterocycles. The van der Waals surface area contributed by atoms with E-state index in [0.29, 0.717) is 35.6 Å². The van der Waals surface area contributed by atoms with E-state index < -0.39 is 6.09 Å². The number of imidazole rings is 1. The summed E-state index contributed by atoms with van der Waals surface area (Å²) in [5, 5.41) is 7.39. The zero-order valence-corrected chi connectivity index (χ0v) is 31.6. The van der Waals surface area contributed by atoms with E-state index >= 15 is 0 Å². The zero-order chi connectivity index (χ0) is 37.6. The van der Waals surface area contributed by atoms with Crippen LogP contribution in [0.4, 0.5) is 4.79 Å². The van der Waals surface area contributed by atoms with Gasteiger partial charge in [0.1, 0.15) is 23.5 Å². The number of pyridine rings is 1. The molecule has 4 atom stereocenters. The number of methoxy groups -OCH3 is 1. The number of aryl methyl sites for hydroxylation is 2. The molecule has 2 N–H and O–H groups in total. The van der Waals surface area contributed by atoms with E-state index in [2.05, 4.69) is 38.0 Å². The van der Waals surface area contributed by atoms with Gasteiger partial charge in [-0.3, -0.25) is 9.59 Å². The second-order valence-electron chi connectivity index (χ2n) is 15.8. The van der Waals surface area contributed by atoms with Crippen molar-refractivity contribution in [3.63, 3.8) is 0 Å². The van der Waals surface area contributed by atoms with E-state index in [9.17, 15) is 14.4 Å². The minimum atomic E-state index is -0.467. The molecule has 1 saturated carbocycles. The van der Waals surface area contributed by atoms with E-state index in [1.165, 1.54) is 0 Å². The van der Waals surface area contributed by atoms with Crippen LogP contribution in [0.5, 0.6) is 5.75 Å². The Morgan fingerprint density at radius 2 is 1.76 bits per heavy atom. The van der Waals surface area contributed by atoms with Crippen LogP contribution in [0.3, 0.4) is 0 Å². The maximum absolute atomic E-state index is 14.3. The zero-order valence-electron chi connectivity index (χ0n) is 31.6. The topological polar surface area (TPSA) is 133 Å². The molecule has 0 spiro atoms. The SMILES string of the molecule is COc1cc(C(=O)N2[C@H]3CC[C@@H]2[C@H](NC(=O)OCc2ccccc2)C3)cc2nc(-c3cc4ccc5nc4n3CCCCCCCC(=O)NC5C3CC3)n(C)c12. The van der Waals surface area contributed by atoms with Gasteiger partial charge in [-0.25, -0.2) is 14.8 Å². The Morgan fingerprint density at radius 3 is 2.58 bits per heavy atom. The molecule has 286 valence electrons. The molecule has 2 aromatic carbocycles. The Balaban J connectivity index is 1.01. The molecule has 2 saturated heterocycles. The molecule has 3 aromatic heterocycles. The normalized spacial score (nSPS) is 22.9. The third-order valence-corrected chi connectivity index (χ3v) is 12.2. The highest BCUT2D eigenvalue weighted by atomic mass is 16.5. The summed E-state index contributed by atoms with van der Waals surface area (Å²) in [6, 6.07) is 19.3. The number of rotatable bonds is 7. The molecule has 3 amide bonds. The maximum atomic E-state index is 14.3. The van der Waals surface area contributed by atoms with Crippen molar-refractivity contribution in [2.75, 3.05) is 7.11 Å². The van der Waals surface area contributed by atoms with Gasteiger partial charge in [-0.2, -0.15) is 0 Å². The molecule has 9 rings (SSSR count). The summed E-state index contributed by atoms with van der Waals surface area (Å²) in [7, 11) is 3.62. The number of carbonyl (C=O) groups excluding carboxylic acids is 3. The van der Waals surface area contributed by atoms with Gasteiger partial charge in [-0.1, -0.05) is 49.6 Å². The number of amides is 3. The number of hydrogen-bond donors (Lipinski definition) is 2. The van der Waals surface area contributed by atoms with Crippen molar-refractivity contribution in [2.24, 2.45) is 13.0 Å². The number of carbonyl (C=O) groups is 3. The maximum Gasteiger partial charge on any atom is 0.407 e. The number of aromatic nitrogens is 4. The first kappa shape index (κ1) is 35.3. The Bertz CT molecular complexity index is 2260. The van der Waals surface area contributed by atoms with Crippen LogP contribution in [0.25, 0.3) is 33.6 Å². The molecule has 1 aliphatic carbocycles. The predicted octanol–water partition coefficient (Wildman–Crippen LogP) is 7.19. The van der Waals surface area contributed by atoms with Gasteiger partial charge in [-0.05, 0) is 86.8 Å². The molecule has 12 nitrogen and oxygen atoms in total. The number of fused-ring (bicyclic) bond motifs is 4.